The van der Waals surface area contributed by atoms with Crippen LogP contribution in [0.2, 0.25) is 0 Å². The van der Waals surface area contributed by atoms with Gasteiger partial charge in [0.2, 0.25) is 0 Å². The van der Waals surface area contributed by atoms with Gasteiger partial charge in [0.15, 0.2) is 0 Å². The van der Waals surface area contributed by atoms with E-state index in [0.29, 0.717) is 12.5 Å². The minimum absolute atomic E-state index is 0.578. The maximum absolute atomic E-state index is 6.18. The summed E-state index contributed by atoms with van der Waals surface area (Å²) >= 11 is 0. The maximum atomic E-state index is 6.18. The zero-order valence-corrected chi connectivity index (χ0v) is 15.3. The van der Waals surface area contributed by atoms with Crippen molar-refractivity contribution >= 4 is 0 Å². The summed E-state index contributed by atoms with van der Waals surface area (Å²) in [6, 6.07) is 6.38. The van der Waals surface area contributed by atoms with Crippen LogP contribution in [0.25, 0.3) is 0 Å². The van der Waals surface area contributed by atoms with Crippen LogP contribution in [-0.4, -0.2) is 4.98 Å². The van der Waals surface area contributed by atoms with Gasteiger partial charge in [0.25, 0.3) is 0 Å². The number of nitrogens with zero attached hydrogens (tertiary/aromatic N) is 1. The topological polar surface area (TPSA) is 22.1 Å². The van der Waals surface area contributed by atoms with E-state index in [4.69, 9.17) is 4.74 Å². The molecular weight excluding hydrogens is 294 g/mol. The molecule has 2 aromatic rings. The monoisotopic (exact) mass is 321 g/mol. The van der Waals surface area contributed by atoms with Gasteiger partial charge in [0, 0.05) is 17.0 Å². The lowest BCUT2D eigenvalue weighted by molar-refractivity contribution is 0.302. The molecule has 3 rings (SSSR count). The van der Waals surface area contributed by atoms with Crippen LogP contribution in [0.1, 0.15) is 58.0 Å². The average molecular weight is 321 g/mol. The summed E-state index contributed by atoms with van der Waals surface area (Å²) < 4.78 is 6.18. The second-order valence-corrected chi connectivity index (χ2v) is 6.95. The Labute approximate surface area is 145 Å². The van der Waals surface area contributed by atoms with Crippen LogP contribution in [0.4, 0.5) is 0 Å². The van der Waals surface area contributed by atoms with E-state index in [9.17, 15) is 0 Å². The lowest BCUT2D eigenvalue weighted by Gasteiger charge is -2.18. The third-order valence-electron chi connectivity index (χ3n) is 5.24. The summed E-state index contributed by atoms with van der Waals surface area (Å²) in [7, 11) is 0. The Morgan fingerprint density at radius 1 is 1.25 bits per heavy atom. The molecule has 0 radical (unpaired) electrons. The SMILES string of the molecule is C=CCC1CCc2c(C)c(OCc3ccc(C)nc3C)cc(C)c21. The Kier molecular flexibility index (Phi) is 4.75. The number of aryl methyl sites for hydroxylation is 3. The highest BCUT2D eigenvalue weighted by Gasteiger charge is 2.26. The molecule has 1 aliphatic carbocycles. The van der Waals surface area contributed by atoms with E-state index in [-0.39, 0.29) is 0 Å². The number of hydrogen-bond donors (Lipinski definition) is 0. The summed E-state index contributed by atoms with van der Waals surface area (Å²) in [6.07, 6.45) is 5.50. The fourth-order valence-electron chi connectivity index (χ4n) is 3.94. The first-order chi connectivity index (χ1) is 11.5. The predicted octanol–water partition coefficient (Wildman–Crippen LogP) is 5.50. The van der Waals surface area contributed by atoms with E-state index in [2.05, 4.69) is 37.5 Å². The lowest BCUT2D eigenvalue weighted by atomic mass is 9.91. The fraction of sp³-hybridized carbons (Fsp3) is 0.409. The number of fused-ring (bicyclic) bond motifs is 1. The van der Waals surface area contributed by atoms with E-state index in [0.717, 1.165) is 35.5 Å². The minimum Gasteiger partial charge on any atom is -0.489 e. The molecule has 0 bridgehead atoms. The molecule has 0 fully saturated rings. The Hall–Kier alpha value is -2.09. The predicted molar refractivity (Wildman–Crippen MR) is 99.8 cm³/mol. The highest BCUT2D eigenvalue weighted by molar-refractivity contribution is 5.52. The smallest absolute Gasteiger partial charge is 0.123 e. The molecule has 24 heavy (non-hydrogen) atoms. The van der Waals surface area contributed by atoms with Gasteiger partial charge < -0.3 is 4.74 Å². The van der Waals surface area contributed by atoms with E-state index < -0.39 is 0 Å². The van der Waals surface area contributed by atoms with Crippen molar-refractivity contribution in [2.75, 3.05) is 0 Å². The second-order valence-electron chi connectivity index (χ2n) is 6.95. The standard InChI is InChI=1S/C22H27NO/c1-6-7-18-10-11-20-16(4)21(12-14(2)22(18)20)24-13-19-9-8-15(3)23-17(19)5/h6,8-9,12,18H,1,7,10-11,13H2,2-5H3. The van der Waals surface area contributed by atoms with Crippen molar-refractivity contribution in [3.63, 3.8) is 0 Å². The van der Waals surface area contributed by atoms with Crippen molar-refractivity contribution in [2.45, 2.75) is 59.5 Å². The molecule has 0 spiro atoms. The highest BCUT2D eigenvalue weighted by Crippen LogP contribution is 2.42. The van der Waals surface area contributed by atoms with Crippen molar-refractivity contribution < 1.29 is 4.74 Å². The molecule has 2 heteroatoms. The average Bonchev–Trinajstić information content (AvgIpc) is 2.96. The van der Waals surface area contributed by atoms with Crippen molar-refractivity contribution in [2.24, 2.45) is 0 Å². The first kappa shape index (κ1) is 16.8. The van der Waals surface area contributed by atoms with Crippen LogP contribution >= 0.6 is 0 Å². The Morgan fingerprint density at radius 2 is 2.04 bits per heavy atom. The number of ether oxygens (including phenoxy) is 1. The summed E-state index contributed by atoms with van der Waals surface area (Å²) in [5.74, 6) is 1.65. The molecule has 0 saturated carbocycles. The number of rotatable bonds is 5. The normalized spacial score (nSPS) is 16.1. The minimum atomic E-state index is 0.578. The van der Waals surface area contributed by atoms with Crippen molar-refractivity contribution in [3.05, 3.63) is 70.1 Å². The first-order valence-corrected chi connectivity index (χ1v) is 8.81. The largest absolute Gasteiger partial charge is 0.489 e. The molecule has 1 aromatic heterocycles. The van der Waals surface area contributed by atoms with Crippen molar-refractivity contribution in [3.8, 4) is 5.75 Å². The summed E-state index contributed by atoms with van der Waals surface area (Å²) in [5, 5.41) is 0. The van der Waals surface area contributed by atoms with Crippen LogP contribution in [0.3, 0.4) is 0 Å². The number of hydrogen-bond acceptors (Lipinski definition) is 2. The highest BCUT2D eigenvalue weighted by atomic mass is 16.5. The summed E-state index contributed by atoms with van der Waals surface area (Å²) in [6.45, 7) is 13.0. The maximum Gasteiger partial charge on any atom is 0.123 e. The molecule has 2 nitrogen and oxygen atoms in total. The number of allylic oxidation sites excluding steroid dienone is 1. The molecule has 1 heterocycles. The number of benzene rings is 1. The molecule has 0 saturated heterocycles. The van der Waals surface area contributed by atoms with Crippen LogP contribution in [-0.2, 0) is 13.0 Å². The van der Waals surface area contributed by atoms with Crippen LogP contribution in [0.5, 0.6) is 5.75 Å². The molecule has 1 atom stereocenters. The van der Waals surface area contributed by atoms with Gasteiger partial charge in [0.1, 0.15) is 12.4 Å². The summed E-state index contributed by atoms with van der Waals surface area (Å²) in [5.41, 5.74) is 8.95. The Balaban J connectivity index is 1.85. The van der Waals surface area contributed by atoms with Gasteiger partial charge in [-0.3, -0.25) is 4.98 Å². The molecule has 1 aliphatic rings. The van der Waals surface area contributed by atoms with Gasteiger partial charge in [-0.2, -0.15) is 0 Å². The molecular formula is C22H27NO. The molecule has 0 amide bonds. The first-order valence-electron chi connectivity index (χ1n) is 8.81. The third-order valence-corrected chi connectivity index (χ3v) is 5.24. The van der Waals surface area contributed by atoms with E-state index in [1.807, 2.05) is 26.0 Å². The van der Waals surface area contributed by atoms with Crippen LogP contribution in [0.15, 0.2) is 30.9 Å². The number of pyridine rings is 1. The lowest BCUT2D eigenvalue weighted by Crippen LogP contribution is -2.04. The molecule has 1 aromatic carbocycles. The van der Waals surface area contributed by atoms with Crippen molar-refractivity contribution in [1.29, 1.82) is 0 Å². The van der Waals surface area contributed by atoms with Gasteiger partial charge in [-0.05, 0) is 87.3 Å². The van der Waals surface area contributed by atoms with Crippen LogP contribution in [0, 0.1) is 27.7 Å². The van der Waals surface area contributed by atoms with Gasteiger partial charge in [-0.1, -0.05) is 12.1 Å². The third kappa shape index (κ3) is 3.10. The molecule has 0 aliphatic heterocycles. The van der Waals surface area contributed by atoms with Gasteiger partial charge in [0.05, 0.1) is 0 Å². The molecule has 1 unspecified atom stereocenters. The fourth-order valence-corrected chi connectivity index (χ4v) is 3.94. The molecule has 126 valence electrons. The zero-order chi connectivity index (χ0) is 17.3. The van der Waals surface area contributed by atoms with Crippen LogP contribution < -0.4 is 4.74 Å². The summed E-state index contributed by atoms with van der Waals surface area (Å²) in [4.78, 5) is 4.52. The van der Waals surface area contributed by atoms with E-state index in [1.165, 1.54) is 28.7 Å². The number of aromatic nitrogens is 1. The Morgan fingerprint density at radius 3 is 2.75 bits per heavy atom. The Bertz CT molecular complexity index is 776. The molecule has 0 N–H and O–H groups in total. The quantitative estimate of drug-likeness (QED) is 0.678. The van der Waals surface area contributed by atoms with E-state index >= 15 is 0 Å². The van der Waals surface area contributed by atoms with Gasteiger partial charge >= 0.3 is 0 Å². The van der Waals surface area contributed by atoms with Crippen molar-refractivity contribution in [1.82, 2.24) is 4.98 Å². The van der Waals surface area contributed by atoms with E-state index in [1.54, 1.807) is 0 Å². The second kappa shape index (κ2) is 6.80. The van der Waals surface area contributed by atoms with Gasteiger partial charge in [-0.15, -0.1) is 6.58 Å². The van der Waals surface area contributed by atoms with Gasteiger partial charge in [-0.25, -0.2) is 0 Å². The zero-order valence-electron chi connectivity index (χ0n) is 15.3.